The molecule has 1 saturated heterocycles. The molecular weight excluding hydrogens is 454 g/mol. The third-order valence-corrected chi connectivity index (χ3v) is 6.03. The number of ether oxygens (including phenoxy) is 2. The van der Waals surface area contributed by atoms with E-state index in [-0.39, 0.29) is 18.1 Å². The van der Waals surface area contributed by atoms with Crippen molar-refractivity contribution in [3.8, 4) is 22.4 Å². The molecule has 3 aromatic heterocycles. The fourth-order valence-corrected chi connectivity index (χ4v) is 4.30. The summed E-state index contributed by atoms with van der Waals surface area (Å²) in [4.78, 5) is 27.1. The summed E-state index contributed by atoms with van der Waals surface area (Å²) in [6.45, 7) is 4.63. The number of nitrogens with zero attached hydrogens (tertiary/aromatic N) is 4. The highest BCUT2D eigenvalue weighted by Gasteiger charge is 2.23. The van der Waals surface area contributed by atoms with Crippen molar-refractivity contribution in [3.05, 3.63) is 75.6 Å². The van der Waals surface area contributed by atoms with E-state index in [0.29, 0.717) is 46.2 Å². The monoisotopic (exact) mass is 477 g/mol. The van der Waals surface area contributed by atoms with Gasteiger partial charge in [-0.15, -0.1) is 0 Å². The van der Waals surface area contributed by atoms with Gasteiger partial charge in [-0.1, -0.05) is 29.8 Å². The SMILES string of the molecule is Cc1cccc(-c2ccc(-c3cc4cnc(C)nc4n(C[C@H]4OC[C@H](N)CO4)c3=O)c(Cl)c2)n1. The summed E-state index contributed by atoms with van der Waals surface area (Å²) >= 11 is 6.69. The molecule has 0 spiro atoms. The van der Waals surface area contributed by atoms with Gasteiger partial charge in [0.1, 0.15) is 11.5 Å². The van der Waals surface area contributed by atoms with Crippen molar-refractivity contribution >= 4 is 22.6 Å². The van der Waals surface area contributed by atoms with Crippen LogP contribution in [0.2, 0.25) is 5.02 Å². The number of hydrogen-bond donors (Lipinski definition) is 1. The largest absolute Gasteiger partial charge is 0.349 e. The van der Waals surface area contributed by atoms with Crippen molar-refractivity contribution in [2.45, 2.75) is 32.7 Å². The second-order valence-corrected chi connectivity index (χ2v) is 8.79. The zero-order valence-electron chi connectivity index (χ0n) is 18.9. The summed E-state index contributed by atoms with van der Waals surface area (Å²) in [7, 11) is 0. The van der Waals surface area contributed by atoms with Crippen LogP contribution in [-0.2, 0) is 16.0 Å². The third-order valence-electron chi connectivity index (χ3n) is 5.71. The topological polar surface area (TPSA) is 105 Å². The number of aryl methyl sites for hydroxylation is 2. The average Bonchev–Trinajstić information content (AvgIpc) is 2.82. The predicted octanol–water partition coefficient (Wildman–Crippen LogP) is 3.49. The van der Waals surface area contributed by atoms with Crippen LogP contribution in [0, 0.1) is 13.8 Å². The van der Waals surface area contributed by atoms with Gasteiger partial charge in [0.15, 0.2) is 6.29 Å². The molecule has 174 valence electrons. The Morgan fingerprint density at radius 3 is 2.62 bits per heavy atom. The predicted molar refractivity (Wildman–Crippen MR) is 131 cm³/mol. The van der Waals surface area contributed by atoms with Gasteiger partial charge in [-0.05, 0) is 38.1 Å². The zero-order chi connectivity index (χ0) is 23.8. The molecule has 8 nitrogen and oxygen atoms in total. The van der Waals surface area contributed by atoms with Gasteiger partial charge in [0.05, 0.1) is 31.5 Å². The molecule has 1 aromatic carbocycles. The number of rotatable bonds is 4. The summed E-state index contributed by atoms with van der Waals surface area (Å²) in [5, 5.41) is 1.17. The Hall–Kier alpha value is -3.17. The lowest BCUT2D eigenvalue weighted by Crippen LogP contribution is -2.43. The molecule has 0 saturated carbocycles. The van der Waals surface area contributed by atoms with E-state index < -0.39 is 6.29 Å². The van der Waals surface area contributed by atoms with Crippen molar-refractivity contribution in [3.63, 3.8) is 0 Å². The maximum atomic E-state index is 13.7. The Morgan fingerprint density at radius 2 is 1.88 bits per heavy atom. The maximum Gasteiger partial charge on any atom is 0.260 e. The summed E-state index contributed by atoms with van der Waals surface area (Å²) in [6.07, 6.45) is 1.10. The minimum Gasteiger partial charge on any atom is -0.349 e. The Labute approximate surface area is 201 Å². The number of aromatic nitrogens is 4. The second-order valence-electron chi connectivity index (χ2n) is 8.39. The summed E-state index contributed by atoms with van der Waals surface area (Å²) in [5.74, 6) is 0.564. The quantitative estimate of drug-likeness (QED) is 0.479. The average molecular weight is 478 g/mol. The molecule has 1 fully saturated rings. The lowest BCUT2D eigenvalue weighted by molar-refractivity contribution is -0.191. The van der Waals surface area contributed by atoms with Crippen LogP contribution in [0.4, 0.5) is 0 Å². The van der Waals surface area contributed by atoms with E-state index in [4.69, 9.17) is 26.8 Å². The Kier molecular flexibility index (Phi) is 6.14. The van der Waals surface area contributed by atoms with E-state index >= 15 is 0 Å². The van der Waals surface area contributed by atoms with E-state index in [1.54, 1.807) is 23.8 Å². The molecule has 4 aromatic rings. The number of nitrogens with two attached hydrogens (primary N) is 1. The van der Waals surface area contributed by atoms with Crippen molar-refractivity contribution < 1.29 is 9.47 Å². The minimum atomic E-state index is -0.600. The molecule has 0 amide bonds. The normalized spacial score (nSPS) is 18.4. The first-order valence-corrected chi connectivity index (χ1v) is 11.4. The zero-order valence-corrected chi connectivity index (χ0v) is 19.6. The molecule has 0 radical (unpaired) electrons. The van der Waals surface area contributed by atoms with Gasteiger partial charge in [0.25, 0.3) is 5.56 Å². The van der Waals surface area contributed by atoms with Gasteiger partial charge >= 0.3 is 0 Å². The Morgan fingerprint density at radius 1 is 1.09 bits per heavy atom. The molecule has 5 rings (SSSR count). The molecule has 2 N–H and O–H groups in total. The molecule has 4 heterocycles. The maximum absolute atomic E-state index is 13.7. The fraction of sp³-hybridized carbons (Fsp3) is 0.280. The van der Waals surface area contributed by atoms with Crippen molar-refractivity contribution in [1.82, 2.24) is 19.5 Å². The van der Waals surface area contributed by atoms with Crippen molar-refractivity contribution in [1.29, 1.82) is 0 Å². The summed E-state index contributed by atoms with van der Waals surface area (Å²) in [6, 6.07) is 13.0. The van der Waals surface area contributed by atoms with Crippen LogP contribution in [0.3, 0.4) is 0 Å². The molecule has 0 bridgehead atoms. The van der Waals surface area contributed by atoms with E-state index in [0.717, 1.165) is 17.0 Å². The first kappa shape index (κ1) is 22.6. The first-order valence-electron chi connectivity index (χ1n) is 11.0. The molecule has 0 aliphatic carbocycles. The number of fused-ring (bicyclic) bond motifs is 1. The Bertz CT molecular complexity index is 1430. The number of halogens is 1. The third kappa shape index (κ3) is 4.45. The highest BCUT2D eigenvalue weighted by molar-refractivity contribution is 6.33. The van der Waals surface area contributed by atoms with E-state index in [1.807, 2.05) is 43.3 Å². The number of pyridine rings is 2. The molecule has 1 aliphatic rings. The highest BCUT2D eigenvalue weighted by Crippen LogP contribution is 2.31. The van der Waals surface area contributed by atoms with Gasteiger partial charge < -0.3 is 15.2 Å². The van der Waals surface area contributed by atoms with Crippen LogP contribution in [-0.4, -0.2) is 45.1 Å². The highest BCUT2D eigenvalue weighted by atomic mass is 35.5. The Balaban J connectivity index is 1.60. The fourth-order valence-electron chi connectivity index (χ4n) is 4.02. The van der Waals surface area contributed by atoms with E-state index in [1.165, 1.54) is 0 Å². The van der Waals surface area contributed by atoms with Gasteiger partial charge in [-0.25, -0.2) is 9.97 Å². The molecular formula is C25H24ClN5O3. The van der Waals surface area contributed by atoms with Crippen molar-refractivity contribution in [2.24, 2.45) is 5.73 Å². The first-order chi connectivity index (χ1) is 16.4. The summed E-state index contributed by atoms with van der Waals surface area (Å²) < 4.78 is 12.9. The lowest BCUT2D eigenvalue weighted by atomic mass is 10.0. The van der Waals surface area contributed by atoms with Gasteiger partial charge in [0.2, 0.25) is 0 Å². The standard InChI is InChI=1S/C25H24ClN5O3/c1-14-4-3-5-22(29-14)16-6-7-19(21(26)9-16)20-8-17-10-28-15(2)30-24(17)31(25(20)32)11-23-33-12-18(27)13-34-23/h3-10,18,23H,11-13,27H2,1-2H3/t18-,23-. The smallest absolute Gasteiger partial charge is 0.260 e. The van der Waals surface area contributed by atoms with Gasteiger partial charge in [-0.2, -0.15) is 0 Å². The van der Waals surface area contributed by atoms with E-state index in [2.05, 4.69) is 15.0 Å². The van der Waals surface area contributed by atoms with Crippen LogP contribution in [0.15, 0.2) is 53.5 Å². The lowest BCUT2D eigenvalue weighted by Gasteiger charge is -2.28. The number of hydrogen-bond acceptors (Lipinski definition) is 7. The van der Waals surface area contributed by atoms with Crippen LogP contribution >= 0.6 is 11.6 Å². The summed E-state index contributed by atoms with van der Waals surface area (Å²) in [5.41, 5.74) is 9.79. The van der Waals surface area contributed by atoms with E-state index in [9.17, 15) is 4.79 Å². The van der Waals surface area contributed by atoms with Gasteiger partial charge in [0, 0.05) is 39.0 Å². The molecule has 0 unspecified atom stereocenters. The minimum absolute atomic E-state index is 0.176. The van der Waals surface area contributed by atoms with Crippen LogP contribution in [0.1, 0.15) is 11.5 Å². The molecule has 0 atom stereocenters. The number of benzene rings is 1. The second kappa shape index (κ2) is 9.23. The molecule has 9 heteroatoms. The van der Waals surface area contributed by atoms with Crippen LogP contribution < -0.4 is 11.3 Å². The molecule has 34 heavy (non-hydrogen) atoms. The van der Waals surface area contributed by atoms with Crippen molar-refractivity contribution in [2.75, 3.05) is 13.2 Å². The van der Waals surface area contributed by atoms with Gasteiger partial charge in [-0.3, -0.25) is 14.3 Å². The molecule has 1 aliphatic heterocycles. The van der Waals surface area contributed by atoms with Crippen LogP contribution in [0.5, 0.6) is 0 Å². The van der Waals surface area contributed by atoms with Crippen LogP contribution in [0.25, 0.3) is 33.4 Å².